The zero-order chi connectivity index (χ0) is 13.0. The lowest BCUT2D eigenvalue weighted by Gasteiger charge is -2.19. The smallest absolute Gasteiger partial charge is 0.117 e. The second-order valence-electron chi connectivity index (χ2n) is 4.57. The molecule has 0 aliphatic carbocycles. The van der Waals surface area contributed by atoms with Gasteiger partial charge in [0.1, 0.15) is 5.76 Å². The molecule has 0 saturated carbocycles. The molecule has 1 heterocycles. The molecule has 2 aromatic rings. The van der Waals surface area contributed by atoms with Crippen molar-refractivity contribution in [1.29, 1.82) is 0 Å². The summed E-state index contributed by atoms with van der Waals surface area (Å²) in [5.74, 6) is 1.00. The Labute approximate surface area is 108 Å². The van der Waals surface area contributed by atoms with Crippen LogP contribution < -0.4 is 5.73 Å². The van der Waals surface area contributed by atoms with Gasteiger partial charge in [-0.3, -0.25) is 4.90 Å². The first-order chi connectivity index (χ1) is 8.69. The summed E-state index contributed by atoms with van der Waals surface area (Å²) >= 11 is 0. The number of nitrogen functional groups attached to an aromatic ring is 1. The van der Waals surface area contributed by atoms with Gasteiger partial charge in [0.2, 0.25) is 0 Å². The molecule has 1 aromatic carbocycles. The fourth-order valence-electron chi connectivity index (χ4n) is 2.00. The highest BCUT2D eigenvalue weighted by atomic mass is 16.3. The molecule has 0 radical (unpaired) electrons. The summed E-state index contributed by atoms with van der Waals surface area (Å²) < 4.78 is 5.38. The van der Waals surface area contributed by atoms with Crippen molar-refractivity contribution in [3.05, 3.63) is 53.5 Å². The van der Waals surface area contributed by atoms with E-state index in [9.17, 15) is 0 Å². The Balaban J connectivity index is 2.03. The van der Waals surface area contributed by atoms with E-state index in [1.54, 1.807) is 6.26 Å². The number of anilines is 1. The van der Waals surface area contributed by atoms with Gasteiger partial charge in [0, 0.05) is 12.2 Å². The Kier molecular flexibility index (Phi) is 4.05. The number of hydrogen-bond acceptors (Lipinski definition) is 3. The molecule has 0 aliphatic heterocycles. The topological polar surface area (TPSA) is 42.4 Å². The SMILES string of the molecule is CCN(Cc1ccc(N)c(C)c1)Cc1ccco1. The third-order valence-electron chi connectivity index (χ3n) is 3.15. The Morgan fingerprint density at radius 3 is 2.67 bits per heavy atom. The second-order valence-corrected chi connectivity index (χ2v) is 4.57. The molecule has 2 rings (SSSR count). The van der Waals surface area contributed by atoms with E-state index in [1.165, 1.54) is 5.56 Å². The van der Waals surface area contributed by atoms with Crippen molar-refractivity contribution in [2.45, 2.75) is 26.9 Å². The third kappa shape index (κ3) is 3.14. The van der Waals surface area contributed by atoms with Gasteiger partial charge in [0.15, 0.2) is 0 Å². The van der Waals surface area contributed by atoms with Crippen LogP contribution in [-0.2, 0) is 13.1 Å². The Bertz CT molecular complexity index is 491. The zero-order valence-electron chi connectivity index (χ0n) is 11.0. The van der Waals surface area contributed by atoms with Gasteiger partial charge in [-0.25, -0.2) is 0 Å². The molecule has 0 atom stereocenters. The number of nitrogens with zero attached hydrogens (tertiary/aromatic N) is 1. The molecule has 3 nitrogen and oxygen atoms in total. The predicted molar refractivity (Wildman–Crippen MR) is 74.1 cm³/mol. The molecule has 0 unspecified atom stereocenters. The third-order valence-corrected chi connectivity index (χ3v) is 3.15. The van der Waals surface area contributed by atoms with Crippen LogP contribution in [0.1, 0.15) is 23.8 Å². The molecule has 0 bridgehead atoms. The molecular weight excluding hydrogens is 224 g/mol. The van der Waals surface area contributed by atoms with Crippen molar-refractivity contribution in [3.63, 3.8) is 0 Å². The molecule has 3 heteroatoms. The van der Waals surface area contributed by atoms with Crippen molar-refractivity contribution in [2.24, 2.45) is 0 Å². The normalized spacial score (nSPS) is 11.1. The number of nitrogens with two attached hydrogens (primary N) is 1. The first-order valence-corrected chi connectivity index (χ1v) is 6.28. The van der Waals surface area contributed by atoms with E-state index >= 15 is 0 Å². The van der Waals surface area contributed by atoms with Crippen LogP contribution in [0, 0.1) is 6.92 Å². The highest BCUT2D eigenvalue weighted by Gasteiger charge is 2.07. The number of hydrogen-bond donors (Lipinski definition) is 1. The molecular formula is C15H20N2O. The van der Waals surface area contributed by atoms with Gasteiger partial charge in [0.05, 0.1) is 12.8 Å². The maximum atomic E-state index is 5.83. The largest absolute Gasteiger partial charge is 0.468 e. The van der Waals surface area contributed by atoms with Crippen LogP contribution in [-0.4, -0.2) is 11.4 Å². The summed E-state index contributed by atoms with van der Waals surface area (Å²) in [5.41, 5.74) is 9.12. The molecule has 96 valence electrons. The van der Waals surface area contributed by atoms with E-state index in [1.807, 2.05) is 25.1 Å². The minimum absolute atomic E-state index is 0.840. The molecule has 0 saturated heterocycles. The van der Waals surface area contributed by atoms with Gasteiger partial charge < -0.3 is 10.2 Å². The number of furan rings is 1. The van der Waals surface area contributed by atoms with E-state index in [0.717, 1.165) is 36.6 Å². The van der Waals surface area contributed by atoms with Crippen molar-refractivity contribution in [2.75, 3.05) is 12.3 Å². The molecule has 0 amide bonds. The Hall–Kier alpha value is -1.74. The maximum absolute atomic E-state index is 5.83. The fourth-order valence-corrected chi connectivity index (χ4v) is 2.00. The van der Waals surface area contributed by atoms with Crippen molar-refractivity contribution < 1.29 is 4.42 Å². The van der Waals surface area contributed by atoms with E-state index < -0.39 is 0 Å². The summed E-state index contributed by atoms with van der Waals surface area (Å²) in [5, 5.41) is 0. The van der Waals surface area contributed by atoms with Gasteiger partial charge in [-0.2, -0.15) is 0 Å². The molecule has 0 spiro atoms. The van der Waals surface area contributed by atoms with Crippen molar-refractivity contribution in [1.82, 2.24) is 4.90 Å². The van der Waals surface area contributed by atoms with Gasteiger partial charge >= 0.3 is 0 Å². The second kappa shape index (κ2) is 5.74. The summed E-state index contributed by atoms with van der Waals surface area (Å²) in [6.45, 7) is 6.95. The zero-order valence-corrected chi connectivity index (χ0v) is 11.0. The summed E-state index contributed by atoms with van der Waals surface area (Å²) in [7, 11) is 0. The summed E-state index contributed by atoms with van der Waals surface area (Å²) in [4.78, 5) is 2.34. The van der Waals surface area contributed by atoms with Gasteiger partial charge in [-0.15, -0.1) is 0 Å². The molecule has 1 aromatic heterocycles. The van der Waals surface area contributed by atoms with Crippen molar-refractivity contribution in [3.8, 4) is 0 Å². The van der Waals surface area contributed by atoms with E-state index in [4.69, 9.17) is 10.2 Å². The highest BCUT2D eigenvalue weighted by molar-refractivity contribution is 5.47. The predicted octanol–water partition coefficient (Wildman–Crippen LogP) is 3.19. The molecule has 0 aliphatic rings. The van der Waals surface area contributed by atoms with Crippen molar-refractivity contribution >= 4 is 5.69 Å². The average Bonchev–Trinajstić information content (AvgIpc) is 2.86. The van der Waals surface area contributed by atoms with Crippen LogP contribution in [0.15, 0.2) is 41.0 Å². The van der Waals surface area contributed by atoms with Gasteiger partial charge in [-0.1, -0.05) is 19.1 Å². The number of benzene rings is 1. The van der Waals surface area contributed by atoms with Crippen LogP contribution >= 0.6 is 0 Å². The van der Waals surface area contributed by atoms with E-state index in [0.29, 0.717) is 0 Å². The lowest BCUT2D eigenvalue weighted by Crippen LogP contribution is -2.22. The summed E-state index contributed by atoms with van der Waals surface area (Å²) in [6.07, 6.45) is 1.72. The van der Waals surface area contributed by atoms with Crippen LogP contribution in [0.3, 0.4) is 0 Å². The number of aryl methyl sites for hydroxylation is 1. The van der Waals surface area contributed by atoms with Crippen LogP contribution in [0.5, 0.6) is 0 Å². The quantitative estimate of drug-likeness (QED) is 0.821. The minimum atomic E-state index is 0.840. The number of rotatable bonds is 5. The summed E-state index contributed by atoms with van der Waals surface area (Å²) in [6, 6.07) is 10.2. The van der Waals surface area contributed by atoms with Gasteiger partial charge in [-0.05, 0) is 42.8 Å². The lowest BCUT2D eigenvalue weighted by atomic mass is 10.1. The lowest BCUT2D eigenvalue weighted by molar-refractivity contribution is 0.248. The molecule has 18 heavy (non-hydrogen) atoms. The molecule has 2 N–H and O–H groups in total. The fraction of sp³-hybridized carbons (Fsp3) is 0.333. The first-order valence-electron chi connectivity index (χ1n) is 6.28. The first kappa shape index (κ1) is 12.7. The Morgan fingerprint density at radius 1 is 1.22 bits per heavy atom. The monoisotopic (exact) mass is 244 g/mol. The van der Waals surface area contributed by atoms with Crippen LogP contribution in [0.2, 0.25) is 0 Å². The van der Waals surface area contributed by atoms with Gasteiger partial charge in [0.25, 0.3) is 0 Å². The standard InChI is InChI=1S/C15H20N2O/c1-3-17(11-14-5-4-8-18-14)10-13-6-7-15(16)12(2)9-13/h4-9H,3,10-11,16H2,1-2H3. The maximum Gasteiger partial charge on any atom is 0.117 e. The Morgan fingerprint density at radius 2 is 2.06 bits per heavy atom. The van der Waals surface area contributed by atoms with E-state index in [-0.39, 0.29) is 0 Å². The average molecular weight is 244 g/mol. The highest BCUT2D eigenvalue weighted by Crippen LogP contribution is 2.15. The molecule has 0 fully saturated rings. The van der Waals surface area contributed by atoms with E-state index in [2.05, 4.69) is 24.0 Å². The van der Waals surface area contributed by atoms with Crippen LogP contribution in [0.4, 0.5) is 5.69 Å². The van der Waals surface area contributed by atoms with Crippen LogP contribution in [0.25, 0.3) is 0 Å². The minimum Gasteiger partial charge on any atom is -0.468 e.